The first-order chi connectivity index (χ1) is 9.22. The maximum Gasteiger partial charge on any atom is 0.323 e. The zero-order valence-electron chi connectivity index (χ0n) is 11.3. The second kappa shape index (κ2) is 4.82. The molecule has 2 bridgehead atoms. The quantitative estimate of drug-likeness (QED) is 0.615. The van der Waals surface area contributed by atoms with Crippen molar-refractivity contribution in [1.29, 1.82) is 0 Å². The summed E-state index contributed by atoms with van der Waals surface area (Å²) in [6, 6.07) is 10.8. The minimum atomic E-state index is -0.129. The summed E-state index contributed by atoms with van der Waals surface area (Å²) in [5.41, 5.74) is 1.25. The highest BCUT2D eigenvalue weighted by molar-refractivity contribution is 5.77. The van der Waals surface area contributed by atoms with E-state index in [1.807, 2.05) is 18.2 Å². The summed E-state index contributed by atoms with van der Waals surface area (Å²) in [6.07, 6.45) is 5.43. The van der Waals surface area contributed by atoms with Crippen LogP contribution in [0.4, 0.5) is 0 Å². The van der Waals surface area contributed by atoms with Gasteiger partial charge in [-0.3, -0.25) is 9.69 Å². The van der Waals surface area contributed by atoms with Crippen LogP contribution in [-0.4, -0.2) is 30.1 Å². The van der Waals surface area contributed by atoms with E-state index in [1.54, 1.807) is 0 Å². The van der Waals surface area contributed by atoms with E-state index in [1.165, 1.54) is 12.7 Å². The number of likely N-dealkylation sites (tertiary alicyclic amines) is 1. The van der Waals surface area contributed by atoms with Crippen LogP contribution in [0.1, 0.15) is 24.9 Å². The molecule has 3 heteroatoms. The summed E-state index contributed by atoms with van der Waals surface area (Å²) >= 11 is 0. The number of carbonyl (C=O) groups is 1. The van der Waals surface area contributed by atoms with Crippen molar-refractivity contribution in [3.05, 3.63) is 48.0 Å². The Hall–Kier alpha value is -1.61. The van der Waals surface area contributed by atoms with Crippen LogP contribution in [0.2, 0.25) is 0 Å². The minimum Gasteiger partial charge on any atom is -0.468 e. The Kier molecular flexibility index (Phi) is 3.15. The van der Waals surface area contributed by atoms with Crippen LogP contribution >= 0.6 is 0 Å². The molecule has 3 nitrogen and oxygen atoms in total. The SMILES string of the molecule is COC(=O)[C@@H]1[C@H]2C=C[C@H](C2)N1C(C)c1ccccc1. The maximum atomic E-state index is 12.1. The van der Waals surface area contributed by atoms with Crippen molar-refractivity contribution in [2.45, 2.75) is 31.5 Å². The van der Waals surface area contributed by atoms with Crippen LogP contribution in [0, 0.1) is 5.92 Å². The Morgan fingerprint density at radius 3 is 2.74 bits per heavy atom. The monoisotopic (exact) mass is 257 g/mol. The number of fused-ring (bicyclic) bond motifs is 2. The molecule has 1 aliphatic heterocycles. The first-order valence-electron chi connectivity index (χ1n) is 6.81. The van der Waals surface area contributed by atoms with Gasteiger partial charge in [-0.05, 0) is 18.9 Å². The third-order valence-corrected chi connectivity index (χ3v) is 4.38. The second-order valence-corrected chi connectivity index (χ2v) is 5.35. The molecule has 0 saturated carbocycles. The third kappa shape index (κ3) is 1.98. The molecule has 1 aromatic carbocycles. The normalized spacial score (nSPS) is 30.5. The average Bonchev–Trinajstić information content (AvgIpc) is 3.07. The number of hydrogen-bond acceptors (Lipinski definition) is 3. The van der Waals surface area contributed by atoms with Crippen LogP contribution in [0.5, 0.6) is 0 Å². The molecule has 1 heterocycles. The van der Waals surface area contributed by atoms with Gasteiger partial charge >= 0.3 is 5.97 Å². The smallest absolute Gasteiger partial charge is 0.323 e. The highest BCUT2D eigenvalue weighted by atomic mass is 16.5. The van der Waals surface area contributed by atoms with Crippen LogP contribution in [0.25, 0.3) is 0 Å². The molecule has 1 aromatic rings. The van der Waals surface area contributed by atoms with E-state index in [4.69, 9.17) is 4.74 Å². The van der Waals surface area contributed by atoms with Gasteiger partial charge in [0.1, 0.15) is 6.04 Å². The van der Waals surface area contributed by atoms with Crippen LogP contribution in [-0.2, 0) is 9.53 Å². The number of hydrogen-bond donors (Lipinski definition) is 0. The maximum absolute atomic E-state index is 12.1. The van der Waals surface area contributed by atoms with Gasteiger partial charge in [0.05, 0.1) is 7.11 Å². The lowest BCUT2D eigenvalue weighted by Crippen LogP contribution is -2.45. The molecule has 1 unspecified atom stereocenters. The van der Waals surface area contributed by atoms with Crippen molar-refractivity contribution in [3.8, 4) is 0 Å². The molecule has 1 aliphatic carbocycles. The molecule has 1 saturated heterocycles. The molecule has 2 aliphatic rings. The molecular weight excluding hydrogens is 238 g/mol. The molecule has 0 amide bonds. The van der Waals surface area contributed by atoms with E-state index in [-0.39, 0.29) is 18.1 Å². The average molecular weight is 257 g/mol. The summed E-state index contributed by atoms with van der Waals surface area (Å²) < 4.78 is 4.99. The molecule has 19 heavy (non-hydrogen) atoms. The van der Waals surface area contributed by atoms with Crippen LogP contribution in [0.3, 0.4) is 0 Å². The van der Waals surface area contributed by atoms with Gasteiger partial charge in [-0.15, -0.1) is 0 Å². The predicted molar refractivity (Wildman–Crippen MR) is 73.5 cm³/mol. The van der Waals surface area contributed by atoms with Gasteiger partial charge in [0, 0.05) is 18.0 Å². The summed E-state index contributed by atoms with van der Waals surface area (Å²) in [4.78, 5) is 14.3. The second-order valence-electron chi connectivity index (χ2n) is 5.35. The number of rotatable bonds is 3. The number of methoxy groups -OCH3 is 1. The van der Waals surface area contributed by atoms with Crippen molar-refractivity contribution >= 4 is 5.97 Å². The molecule has 0 aromatic heterocycles. The van der Waals surface area contributed by atoms with Gasteiger partial charge in [0.25, 0.3) is 0 Å². The van der Waals surface area contributed by atoms with Gasteiger partial charge < -0.3 is 4.74 Å². The van der Waals surface area contributed by atoms with Crippen molar-refractivity contribution in [3.63, 3.8) is 0 Å². The first kappa shape index (κ1) is 12.4. The van der Waals surface area contributed by atoms with Crippen LogP contribution in [0.15, 0.2) is 42.5 Å². The predicted octanol–water partition coefficient (Wildman–Crippen LogP) is 2.55. The number of ether oxygens (including phenoxy) is 1. The molecule has 0 radical (unpaired) electrons. The summed E-state index contributed by atoms with van der Waals surface area (Å²) in [7, 11) is 1.48. The molecular formula is C16H19NO2. The van der Waals surface area contributed by atoms with E-state index >= 15 is 0 Å². The summed E-state index contributed by atoms with van der Waals surface area (Å²) in [5, 5.41) is 0. The van der Waals surface area contributed by atoms with Gasteiger partial charge in [-0.1, -0.05) is 42.5 Å². The van der Waals surface area contributed by atoms with E-state index < -0.39 is 0 Å². The fourth-order valence-electron chi connectivity index (χ4n) is 3.44. The molecule has 100 valence electrons. The lowest BCUT2D eigenvalue weighted by atomic mass is 9.99. The minimum absolute atomic E-state index is 0.111. The van der Waals surface area contributed by atoms with Gasteiger partial charge in [0.2, 0.25) is 0 Å². The van der Waals surface area contributed by atoms with E-state index in [2.05, 4.69) is 36.1 Å². The first-order valence-corrected chi connectivity index (χ1v) is 6.81. The highest BCUT2D eigenvalue weighted by Crippen LogP contribution is 2.42. The van der Waals surface area contributed by atoms with Gasteiger partial charge in [-0.25, -0.2) is 0 Å². The number of carbonyl (C=O) groups excluding carboxylic acids is 1. The van der Waals surface area contributed by atoms with E-state index in [0.717, 1.165) is 6.42 Å². The third-order valence-electron chi connectivity index (χ3n) is 4.38. The van der Waals surface area contributed by atoms with Crippen LogP contribution < -0.4 is 0 Å². The Morgan fingerprint density at radius 2 is 2.05 bits per heavy atom. The fraction of sp³-hybridized carbons (Fsp3) is 0.438. The largest absolute Gasteiger partial charge is 0.468 e. The lowest BCUT2D eigenvalue weighted by molar-refractivity contribution is -0.148. The molecule has 1 fully saturated rings. The van der Waals surface area contributed by atoms with E-state index in [9.17, 15) is 4.79 Å². The zero-order valence-corrected chi connectivity index (χ0v) is 11.3. The van der Waals surface area contributed by atoms with Crippen molar-refractivity contribution < 1.29 is 9.53 Å². The number of nitrogens with zero attached hydrogens (tertiary/aromatic N) is 1. The molecule has 0 spiro atoms. The van der Waals surface area contributed by atoms with Crippen molar-refractivity contribution in [2.75, 3.05) is 7.11 Å². The zero-order chi connectivity index (χ0) is 13.4. The molecule has 3 rings (SSSR count). The lowest BCUT2D eigenvalue weighted by Gasteiger charge is -2.35. The summed E-state index contributed by atoms with van der Waals surface area (Å²) in [5.74, 6) is 0.197. The summed E-state index contributed by atoms with van der Waals surface area (Å²) in [6.45, 7) is 2.17. The Bertz CT molecular complexity index is 497. The Morgan fingerprint density at radius 1 is 1.32 bits per heavy atom. The van der Waals surface area contributed by atoms with Crippen molar-refractivity contribution in [2.24, 2.45) is 5.92 Å². The number of benzene rings is 1. The van der Waals surface area contributed by atoms with Crippen molar-refractivity contribution in [1.82, 2.24) is 4.90 Å². The Balaban J connectivity index is 1.90. The molecule has 4 atom stereocenters. The topological polar surface area (TPSA) is 29.5 Å². The highest BCUT2D eigenvalue weighted by Gasteiger charge is 2.48. The van der Waals surface area contributed by atoms with E-state index in [0.29, 0.717) is 12.0 Å². The standard InChI is InChI=1S/C16H19NO2/c1-11(12-6-4-3-5-7-12)17-14-9-8-13(10-14)15(17)16(18)19-2/h3-9,11,13-15H,10H2,1-2H3/t11?,13-,14+,15-/m0/s1. The fourth-order valence-corrected chi connectivity index (χ4v) is 3.44. The molecule has 0 N–H and O–H groups in total. The van der Waals surface area contributed by atoms with Gasteiger partial charge in [0.15, 0.2) is 0 Å². The van der Waals surface area contributed by atoms with Gasteiger partial charge in [-0.2, -0.15) is 0 Å². The Labute approximate surface area is 113 Å². The number of esters is 1.